The summed E-state index contributed by atoms with van der Waals surface area (Å²) in [5.41, 5.74) is 14.1. The molecule has 7 rings (SSSR count). The van der Waals surface area contributed by atoms with Gasteiger partial charge >= 0.3 is 12.2 Å². The summed E-state index contributed by atoms with van der Waals surface area (Å²) in [7, 11) is 2.59. The third-order valence-corrected chi connectivity index (χ3v) is 12.6. The van der Waals surface area contributed by atoms with Crippen molar-refractivity contribution in [3.05, 3.63) is 84.2 Å². The summed E-state index contributed by atoms with van der Waals surface area (Å²) in [5.74, 6) is -0.623. The average Bonchev–Trinajstić information content (AvgIpc) is 3.98. The number of hydrazine groups is 2. The van der Waals surface area contributed by atoms with Gasteiger partial charge < -0.3 is 9.47 Å². The average molecular weight is 815 g/mol. The number of aliphatic imine (C=N–C) groups is 2. The number of methoxy groups -OCH3 is 2. The molecule has 2 heterocycles. The number of ether oxygens (including phenoxy) is 2. The molecule has 0 bridgehead atoms. The molecule has 12 heteroatoms. The summed E-state index contributed by atoms with van der Waals surface area (Å²) >= 11 is 0. The largest absolute Gasteiger partial charge is 0.452 e. The Kier molecular flexibility index (Phi) is 13.2. The first-order chi connectivity index (χ1) is 28.9. The maximum Gasteiger partial charge on any atom is 0.425 e. The van der Waals surface area contributed by atoms with E-state index in [9.17, 15) is 19.2 Å². The van der Waals surface area contributed by atoms with E-state index < -0.39 is 12.2 Å². The number of nitrogens with zero attached hydrogens (tertiary/aromatic N) is 4. The lowest BCUT2D eigenvalue weighted by Gasteiger charge is -2.36. The Labute approximate surface area is 353 Å². The fourth-order valence-corrected chi connectivity index (χ4v) is 9.38. The number of amides is 4. The zero-order valence-electron chi connectivity index (χ0n) is 35.7. The SMILES string of the molecule is COC(=O)NN(C(=O)[C@H]1CCCC[C@H]1C1=NC=C(c2ccc(-c3ccc4cc(C5=CN=C(C6CCCC[C@H]6C(=O)N(NC(=O)OC)C(C)C)C5)ccc4c3)cc2)C1)C(C)C. The highest BCUT2D eigenvalue weighted by atomic mass is 16.5. The lowest BCUT2D eigenvalue weighted by atomic mass is 9.74. The Bertz CT molecular complexity index is 2240. The molecule has 2 aliphatic heterocycles. The Balaban J connectivity index is 0.981. The zero-order chi connectivity index (χ0) is 42.5. The minimum absolute atomic E-state index is 0.0220. The second kappa shape index (κ2) is 18.6. The van der Waals surface area contributed by atoms with Crippen molar-refractivity contribution >= 4 is 57.3 Å². The van der Waals surface area contributed by atoms with E-state index in [1.807, 2.05) is 40.1 Å². The number of carbonyl (C=O) groups excluding carboxylic acids is 4. The first-order valence-corrected chi connectivity index (χ1v) is 21.5. The fourth-order valence-electron chi connectivity index (χ4n) is 9.38. The highest BCUT2D eigenvalue weighted by Crippen LogP contribution is 2.40. The standard InChI is InChI=1S/C48H58N6O6/c1-29(2)53(51-47(57)59-5)45(55)41-13-9-7-11-39(41)43-25-37(27-49-43)32-17-15-31(16-18-32)33-19-20-35-24-36(22-21-34(35)23-33)38-26-44(50-28-38)40-12-8-10-14-42(40)46(56)54(30(3)4)52-48(58)60-6/h15-24,27-30,39-42H,7-14,25-26H2,1-6H3,(H,51,57)(H,52,58)/t39-,40?,41+,42-/m1/s1. The van der Waals surface area contributed by atoms with Gasteiger partial charge in [0.25, 0.3) is 0 Å². The number of nitrogens with one attached hydrogen (secondary N) is 2. The third kappa shape index (κ3) is 9.17. The molecule has 4 amide bonds. The van der Waals surface area contributed by atoms with Gasteiger partial charge in [-0.05, 0) is 110 Å². The molecule has 60 heavy (non-hydrogen) atoms. The highest BCUT2D eigenvalue weighted by molar-refractivity contribution is 6.04. The molecule has 12 nitrogen and oxygen atoms in total. The predicted molar refractivity (Wildman–Crippen MR) is 235 cm³/mol. The lowest BCUT2D eigenvalue weighted by molar-refractivity contribution is -0.143. The molecule has 0 spiro atoms. The molecule has 4 atom stereocenters. The van der Waals surface area contributed by atoms with Crippen molar-refractivity contribution < 1.29 is 28.7 Å². The predicted octanol–water partition coefficient (Wildman–Crippen LogP) is 9.51. The monoisotopic (exact) mass is 814 g/mol. The number of rotatable bonds is 9. The number of allylic oxidation sites excluding steroid dienone is 2. The Morgan fingerprint density at radius 3 is 1.43 bits per heavy atom. The van der Waals surface area contributed by atoms with Gasteiger partial charge in [0.15, 0.2) is 0 Å². The molecule has 0 aromatic heterocycles. The van der Waals surface area contributed by atoms with Crippen molar-refractivity contribution in [3.63, 3.8) is 0 Å². The molecule has 0 radical (unpaired) electrons. The van der Waals surface area contributed by atoms with Gasteiger partial charge in [-0.15, -0.1) is 0 Å². The molecular weight excluding hydrogens is 757 g/mol. The van der Waals surface area contributed by atoms with Crippen LogP contribution in [0.25, 0.3) is 33.0 Å². The van der Waals surface area contributed by atoms with Crippen molar-refractivity contribution in [2.24, 2.45) is 33.7 Å². The van der Waals surface area contributed by atoms with Gasteiger partial charge in [0, 0.05) is 72.4 Å². The van der Waals surface area contributed by atoms with Crippen molar-refractivity contribution in [1.29, 1.82) is 0 Å². The maximum absolute atomic E-state index is 13.8. The van der Waals surface area contributed by atoms with E-state index in [0.717, 1.165) is 107 Å². The van der Waals surface area contributed by atoms with Crippen molar-refractivity contribution in [2.75, 3.05) is 14.2 Å². The van der Waals surface area contributed by atoms with Crippen molar-refractivity contribution in [3.8, 4) is 11.1 Å². The number of carbonyl (C=O) groups is 4. The normalized spacial score (nSPS) is 21.5. The van der Waals surface area contributed by atoms with E-state index in [2.05, 4.69) is 71.5 Å². The van der Waals surface area contributed by atoms with Crippen LogP contribution in [-0.4, -0.2) is 71.7 Å². The molecular formula is C48H58N6O6. The van der Waals surface area contributed by atoms with Crippen LogP contribution in [0, 0.1) is 23.7 Å². The smallest absolute Gasteiger partial charge is 0.425 e. The second-order valence-corrected chi connectivity index (χ2v) is 17.1. The van der Waals surface area contributed by atoms with Crippen LogP contribution in [0.3, 0.4) is 0 Å². The molecule has 0 saturated heterocycles. The van der Waals surface area contributed by atoms with E-state index in [0.29, 0.717) is 12.8 Å². The number of benzene rings is 3. The van der Waals surface area contributed by atoms with Crippen LogP contribution in [0.1, 0.15) is 103 Å². The summed E-state index contributed by atoms with van der Waals surface area (Å²) < 4.78 is 9.57. The molecule has 316 valence electrons. The highest BCUT2D eigenvalue weighted by Gasteiger charge is 2.40. The van der Waals surface area contributed by atoms with Crippen LogP contribution < -0.4 is 10.9 Å². The number of hydrogen-bond donors (Lipinski definition) is 2. The summed E-state index contributed by atoms with van der Waals surface area (Å²) in [6, 6.07) is 21.3. The summed E-state index contributed by atoms with van der Waals surface area (Å²) in [6.07, 6.45) is 11.4. The van der Waals surface area contributed by atoms with Gasteiger partial charge in [0.2, 0.25) is 11.8 Å². The molecule has 2 aliphatic carbocycles. The molecule has 3 aromatic carbocycles. The van der Waals surface area contributed by atoms with E-state index in [1.165, 1.54) is 24.2 Å². The Morgan fingerprint density at radius 1 is 0.567 bits per heavy atom. The van der Waals surface area contributed by atoms with Gasteiger partial charge in [-0.3, -0.25) is 19.6 Å². The second-order valence-electron chi connectivity index (χ2n) is 17.1. The molecule has 3 aromatic rings. The Morgan fingerprint density at radius 2 is 0.967 bits per heavy atom. The quantitative estimate of drug-likeness (QED) is 0.206. The van der Waals surface area contributed by atoms with E-state index in [4.69, 9.17) is 19.5 Å². The zero-order valence-corrected chi connectivity index (χ0v) is 35.7. The van der Waals surface area contributed by atoms with Crippen LogP contribution in [-0.2, 0) is 19.1 Å². The molecule has 1 unspecified atom stereocenters. The summed E-state index contributed by atoms with van der Waals surface area (Å²) in [6.45, 7) is 7.53. The minimum Gasteiger partial charge on any atom is -0.452 e. The molecule has 2 fully saturated rings. The summed E-state index contributed by atoms with van der Waals surface area (Å²) in [5, 5.41) is 5.12. The van der Waals surface area contributed by atoms with Crippen molar-refractivity contribution in [2.45, 2.75) is 104 Å². The number of hydrogen-bond acceptors (Lipinski definition) is 8. The van der Waals surface area contributed by atoms with E-state index in [-0.39, 0.29) is 47.6 Å². The van der Waals surface area contributed by atoms with Crippen LogP contribution in [0.4, 0.5) is 9.59 Å². The van der Waals surface area contributed by atoms with E-state index in [1.54, 1.807) is 0 Å². The molecule has 2 saturated carbocycles. The van der Waals surface area contributed by atoms with Crippen LogP contribution in [0.2, 0.25) is 0 Å². The fraction of sp³-hybridized carbons (Fsp3) is 0.458. The van der Waals surface area contributed by atoms with Gasteiger partial charge in [0.1, 0.15) is 0 Å². The summed E-state index contributed by atoms with van der Waals surface area (Å²) in [4.78, 5) is 61.3. The van der Waals surface area contributed by atoms with Gasteiger partial charge in [-0.1, -0.05) is 74.2 Å². The molecule has 4 aliphatic rings. The van der Waals surface area contributed by atoms with Gasteiger partial charge in [-0.2, -0.15) is 0 Å². The van der Waals surface area contributed by atoms with Crippen molar-refractivity contribution in [1.82, 2.24) is 20.9 Å². The first-order valence-electron chi connectivity index (χ1n) is 21.5. The first kappa shape index (κ1) is 42.3. The minimum atomic E-state index is -0.650. The third-order valence-electron chi connectivity index (χ3n) is 12.6. The van der Waals surface area contributed by atoms with E-state index >= 15 is 0 Å². The molecule has 2 N–H and O–H groups in total. The maximum atomic E-state index is 13.8. The van der Waals surface area contributed by atoms with Crippen LogP contribution >= 0.6 is 0 Å². The van der Waals surface area contributed by atoms with Crippen LogP contribution in [0.15, 0.2) is 83.0 Å². The van der Waals surface area contributed by atoms with Crippen LogP contribution in [0.5, 0.6) is 0 Å². The topological polar surface area (TPSA) is 142 Å². The lowest BCUT2D eigenvalue weighted by Crippen LogP contribution is -2.54. The Hall–Kier alpha value is -5.78. The van der Waals surface area contributed by atoms with Gasteiger partial charge in [0.05, 0.1) is 14.2 Å². The number of fused-ring (bicyclic) bond motifs is 1. The van der Waals surface area contributed by atoms with Gasteiger partial charge in [-0.25, -0.2) is 30.5 Å².